The molecule has 0 atom stereocenters. The first kappa shape index (κ1) is 17.4. The second-order valence-corrected chi connectivity index (χ2v) is 5.56. The molecule has 2 N–H and O–H groups in total. The van der Waals surface area contributed by atoms with Gasteiger partial charge in [-0.2, -0.15) is 0 Å². The van der Waals surface area contributed by atoms with Gasteiger partial charge in [0.1, 0.15) is 0 Å². The fraction of sp³-hybridized carbons (Fsp3) is 0.222. The summed E-state index contributed by atoms with van der Waals surface area (Å²) < 4.78 is 10.4. The van der Waals surface area contributed by atoms with E-state index >= 15 is 0 Å². The standard InChI is InChI=1S/C18H17N3O5/c22-14(12-2-1-7-19-9-12)4-6-17(23)20-10-18(24)21-13-3-5-15-16(8-13)26-11-25-15/h1-3,5,7-9H,4,6,10-11H2,(H,20,23)(H,21,24). The van der Waals surface area contributed by atoms with Crippen molar-refractivity contribution in [1.29, 1.82) is 0 Å². The van der Waals surface area contributed by atoms with E-state index in [1.54, 1.807) is 36.5 Å². The maximum absolute atomic E-state index is 11.9. The molecule has 0 radical (unpaired) electrons. The number of ketones is 1. The van der Waals surface area contributed by atoms with Crippen LogP contribution in [-0.2, 0) is 9.59 Å². The van der Waals surface area contributed by atoms with Crippen molar-refractivity contribution in [3.05, 3.63) is 48.3 Å². The molecule has 0 saturated carbocycles. The average Bonchev–Trinajstić information content (AvgIpc) is 3.13. The molecule has 2 aromatic rings. The van der Waals surface area contributed by atoms with Gasteiger partial charge >= 0.3 is 0 Å². The normalized spacial score (nSPS) is 11.7. The fourth-order valence-corrected chi connectivity index (χ4v) is 2.35. The number of amides is 2. The molecular formula is C18H17N3O5. The highest BCUT2D eigenvalue weighted by atomic mass is 16.7. The lowest BCUT2D eigenvalue weighted by Crippen LogP contribution is -2.33. The molecule has 0 aliphatic carbocycles. The molecule has 8 heteroatoms. The largest absolute Gasteiger partial charge is 0.454 e. The van der Waals surface area contributed by atoms with Crippen LogP contribution in [0.3, 0.4) is 0 Å². The number of anilines is 1. The van der Waals surface area contributed by atoms with Crippen LogP contribution in [0, 0.1) is 0 Å². The molecule has 8 nitrogen and oxygen atoms in total. The molecule has 2 heterocycles. The van der Waals surface area contributed by atoms with Crippen molar-refractivity contribution < 1.29 is 23.9 Å². The first-order valence-corrected chi connectivity index (χ1v) is 8.01. The second-order valence-electron chi connectivity index (χ2n) is 5.56. The van der Waals surface area contributed by atoms with Gasteiger partial charge in [-0.25, -0.2) is 0 Å². The molecule has 0 bridgehead atoms. The number of pyridine rings is 1. The second kappa shape index (κ2) is 8.11. The van der Waals surface area contributed by atoms with Crippen LogP contribution >= 0.6 is 0 Å². The molecule has 26 heavy (non-hydrogen) atoms. The molecule has 134 valence electrons. The quantitative estimate of drug-likeness (QED) is 0.730. The van der Waals surface area contributed by atoms with Gasteiger partial charge in [-0.3, -0.25) is 19.4 Å². The summed E-state index contributed by atoms with van der Waals surface area (Å²) in [6, 6.07) is 8.33. The Morgan fingerprint density at radius 3 is 2.69 bits per heavy atom. The minimum absolute atomic E-state index is 0.00499. The molecule has 0 fully saturated rings. The molecule has 2 amide bonds. The molecule has 1 aromatic heterocycles. The number of rotatable bonds is 7. The zero-order valence-corrected chi connectivity index (χ0v) is 13.9. The summed E-state index contributed by atoms with van der Waals surface area (Å²) in [5.41, 5.74) is 1.00. The summed E-state index contributed by atoms with van der Waals surface area (Å²) in [6.45, 7) is -0.0328. The number of Topliss-reactive ketones (excluding diaryl/α,β-unsaturated/α-hetero) is 1. The van der Waals surface area contributed by atoms with Crippen LogP contribution in [0.2, 0.25) is 0 Å². The Balaban J connectivity index is 1.40. The van der Waals surface area contributed by atoms with Crippen molar-refractivity contribution in [2.24, 2.45) is 0 Å². The summed E-state index contributed by atoms with van der Waals surface area (Å²) in [4.78, 5) is 39.5. The van der Waals surface area contributed by atoms with Crippen molar-refractivity contribution in [2.45, 2.75) is 12.8 Å². The Labute approximate surface area is 149 Å². The third-order valence-corrected chi connectivity index (χ3v) is 3.67. The first-order chi connectivity index (χ1) is 12.6. The lowest BCUT2D eigenvalue weighted by Gasteiger charge is -2.07. The average molecular weight is 355 g/mol. The van der Waals surface area contributed by atoms with Crippen LogP contribution in [0.15, 0.2) is 42.7 Å². The topological polar surface area (TPSA) is 107 Å². The molecule has 3 rings (SSSR count). The van der Waals surface area contributed by atoms with Gasteiger partial charge in [0.25, 0.3) is 0 Å². The van der Waals surface area contributed by atoms with E-state index in [1.165, 1.54) is 6.20 Å². The maximum Gasteiger partial charge on any atom is 0.243 e. The number of nitrogens with zero attached hydrogens (tertiary/aromatic N) is 1. The van der Waals surface area contributed by atoms with E-state index in [2.05, 4.69) is 15.6 Å². The minimum Gasteiger partial charge on any atom is -0.454 e. The Hall–Kier alpha value is -3.42. The van der Waals surface area contributed by atoms with Gasteiger partial charge in [0.2, 0.25) is 18.6 Å². The molecule has 0 unspecified atom stereocenters. The summed E-state index contributed by atoms with van der Waals surface area (Å²) in [5, 5.41) is 5.14. The van der Waals surface area contributed by atoms with Crippen molar-refractivity contribution in [3.63, 3.8) is 0 Å². The maximum atomic E-state index is 11.9. The van der Waals surface area contributed by atoms with Crippen LogP contribution in [0.5, 0.6) is 11.5 Å². The predicted octanol–water partition coefficient (Wildman–Crippen LogP) is 1.53. The highest BCUT2D eigenvalue weighted by molar-refractivity contribution is 5.98. The third kappa shape index (κ3) is 4.56. The van der Waals surface area contributed by atoms with Crippen molar-refractivity contribution in [1.82, 2.24) is 10.3 Å². The van der Waals surface area contributed by atoms with Gasteiger partial charge in [-0.1, -0.05) is 0 Å². The number of carbonyl (C=O) groups is 3. The van der Waals surface area contributed by atoms with Crippen LogP contribution in [0.25, 0.3) is 0 Å². The third-order valence-electron chi connectivity index (χ3n) is 3.67. The van der Waals surface area contributed by atoms with E-state index in [0.717, 1.165) is 0 Å². The van der Waals surface area contributed by atoms with Crippen molar-refractivity contribution in [2.75, 3.05) is 18.7 Å². The van der Waals surface area contributed by atoms with E-state index in [9.17, 15) is 14.4 Å². The highest BCUT2D eigenvalue weighted by Gasteiger charge is 2.15. The molecule has 1 aliphatic rings. The van der Waals surface area contributed by atoms with Crippen molar-refractivity contribution >= 4 is 23.3 Å². The summed E-state index contributed by atoms with van der Waals surface area (Å²) >= 11 is 0. The van der Waals surface area contributed by atoms with Gasteiger partial charge in [-0.15, -0.1) is 0 Å². The zero-order valence-electron chi connectivity index (χ0n) is 13.9. The summed E-state index contributed by atoms with van der Waals surface area (Å²) in [7, 11) is 0. The lowest BCUT2D eigenvalue weighted by molar-refractivity contribution is -0.124. The highest BCUT2D eigenvalue weighted by Crippen LogP contribution is 2.34. The predicted molar refractivity (Wildman–Crippen MR) is 92.0 cm³/mol. The number of hydrogen-bond acceptors (Lipinski definition) is 6. The van der Waals surface area contributed by atoms with Crippen LogP contribution < -0.4 is 20.1 Å². The number of nitrogens with one attached hydrogen (secondary N) is 2. The van der Waals surface area contributed by atoms with Gasteiger partial charge in [0.15, 0.2) is 17.3 Å². The Bertz CT molecular complexity index is 823. The Morgan fingerprint density at radius 2 is 1.88 bits per heavy atom. The molecular weight excluding hydrogens is 338 g/mol. The van der Waals surface area contributed by atoms with Gasteiger partial charge < -0.3 is 20.1 Å². The molecule has 1 aromatic carbocycles. The molecule has 1 aliphatic heterocycles. The van der Waals surface area contributed by atoms with Crippen LogP contribution in [-0.4, -0.2) is 35.9 Å². The number of aromatic nitrogens is 1. The summed E-state index contributed by atoms with van der Waals surface area (Å²) in [6.07, 6.45) is 3.09. The smallest absolute Gasteiger partial charge is 0.243 e. The Kier molecular flexibility index (Phi) is 5.43. The number of ether oxygens (including phenoxy) is 2. The van der Waals surface area contributed by atoms with Gasteiger partial charge in [0, 0.05) is 42.6 Å². The number of hydrogen-bond donors (Lipinski definition) is 2. The Morgan fingerprint density at radius 1 is 1.04 bits per heavy atom. The van der Waals surface area contributed by atoms with E-state index in [1.807, 2.05) is 0 Å². The molecule has 0 spiro atoms. The number of benzene rings is 1. The SMILES string of the molecule is O=C(CCC(=O)c1cccnc1)NCC(=O)Nc1ccc2c(c1)OCO2. The fourth-order valence-electron chi connectivity index (χ4n) is 2.35. The van der Waals surface area contributed by atoms with Crippen LogP contribution in [0.1, 0.15) is 23.2 Å². The zero-order chi connectivity index (χ0) is 18.4. The minimum atomic E-state index is -0.379. The monoisotopic (exact) mass is 355 g/mol. The van der Waals surface area contributed by atoms with E-state index in [4.69, 9.17) is 9.47 Å². The number of carbonyl (C=O) groups excluding carboxylic acids is 3. The van der Waals surface area contributed by atoms with E-state index in [-0.39, 0.29) is 43.8 Å². The lowest BCUT2D eigenvalue weighted by atomic mass is 10.1. The van der Waals surface area contributed by atoms with Gasteiger partial charge in [0.05, 0.1) is 6.54 Å². The van der Waals surface area contributed by atoms with E-state index in [0.29, 0.717) is 22.7 Å². The van der Waals surface area contributed by atoms with Gasteiger partial charge in [-0.05, 0) is 24.3 Å². The number of fused-ring (bicyclic) bond motifs is 1. The molecule has 0 saturated heterocycles. The summed E-state index contributed by atoms with van der Waals surface area (Å²) in [5.74, 6) is 0.257. The first-order valence-electron chi connectivity index (χ1n) is 8.01. The van der Waals surface area contributed by atoms with Crippen LogP contribution in [0.4, 0.5) is 5.69 Å². The van der Waals surface area contributed by atoms with Crippen molar-refractivity contribution in [3.8, 4) is 11.5 Å². The van der Waals surface area contributed by atoms with E-state index < -0.39 is 0 Å².